The topological polar surface area (TPSA) is 34.4 Å². The molecule has 0 bridgehead atoms. The summed E-state index contributed by atoms with van der Waals surface area (Å²) in [5.74, 6) is 2.62. The first kappa shape index (κ1) is 12.5. The number of fused-ring (bicyclic) bond motifs is 1. The van der Waals surface area contributed by atoms with Crippen LogP contribution in [0.2, 0.25) is 0 Å². The van der Waals surface area contributed by atoms with Crippen molar-refractivity contribution in [2.75, 3.05) is 14.2 Å². The quantitative estimate of drug-likeness (QED) is 0.891. The lowest BCUT2D eigenvalue weighted by Gasteiger charge is -2.04. The zero-order valence-electron chi connectivity index (χ0n) is 11.9. The lowest BCUT2D eigenvalue weighted by Crippen LogP contribution is -2.05. The van der Waals surface area contributed by atoms with Crippen molar-refractivity contribution in [3.63, 3.8) is 0 Å². The Kier molecular flexibility index (Phi) is 3.23. The number of benzene rings is 1. The van der Waals surface area contributed by atoms with Crippen molar-refractivity contribution in [1.29, 1.82) is 0 Å². The first-order chi connectivity index (χ1) is 9.28. The Morgan fingerprint density at radius 1 is 1.37 bits per heavy atom. The van der Waals surface area contributed by atoms with E-state index in [-0.39, 0.29) is 0 Å². The van der Waals surface area contributed by atoms with E-state index in [9.17, 15) is 0 Å². The number of nitrogens with one attached hydrogen (secondary N) is 1. The first-order valence-corrected chi connectivity index (χ1v) is 7.05. The summed E-state index contributed by atoms with van der Waals surface area (Å²) in [5, 5.41) is 4.45. The third-order valence-corrected chi connectivity index (χ3v) is 3.88. The minimum absolute atomic E-state index is 0.682. The van der Waals surface area contributed by atoms with E-state index >= 15 is 0 Å². The van der Waals surface area contributed by atoms with Crippen molar-refractivity contribution in [2.45, 2.75) is 38.6 Å². The molecule has 1 aromatic carbocycles. The maximum atomic E-state index is 6.07. The average Bonchev–Trinajstić information content (AvgIpc) is 3.19. The summed E-state index contributed by atoms with van der Waals surface area (Å²) in [6, 6.07) is 4.36. The molecule has 1 N–H and O–H groups in total. The Balaban J connectivity index is 2.24. The number of furan rings is 1. The summed E-state index contributed by atoms with van der Waals surface area (Å²) < 4.78 is 11.6. The van der Waals surface area contributed by atoms with Gasteiger partial charge in [-0.3, -0.25) is 0 Å². The van der Waals surface area contributed by atoms with Crippen molar-refractivity contribution in [3.8, 4) is 5.75 Å². The third kappa shape index (κ3) is 2.12. The lowest BCUT2D eigenvalue weighted by atomic mass is 10.0. The van der Waals surface area contributed by atoms with Gasteiger partial charge in [0.15, 0.2) is 11.3 Å². The zero-order chi connectivity index (χ0) is 13.4. The van der Waals surface area contributed by atoms with Crippen molar-refractivity contribution >= 4 is 11.0 Å². The fourth-order valence-electron chi connectivity index (χ4n) is 2.76. The van der Waals surface area contributed by atoms with Gasteiger partial charge in [0.2, 0.25) is 0 Å². The van der Waals surface area contributed by atoms with Gasteiger partial charge in [-0.15, -0.1) is 0 Å². The van der Waals surface area contributed by atoms with Crippen LogP contribution >= 0.6 is 0 Å². The van der Waals surface area contributed by atoms with Gasteiger partial charge in [-0.2, -0.15) is 0 Å². The molecule has 0 radical (unpaired) electrons. The molecule has 0 amide bonds. The van der Waals surface area contributed by atoms with Gasteiger partial charge in [-0.05, 0) is 49.9 Å². The molecule has 0 spiro atoms. The largest absolute Gasteiger partial charge is 0.493 e. The first-order valence-electron chi connectivity index (χ1n) is 7.05. The smallest absolute Gasteiger partial charge is 0.176 e. The van der Waals surface area contributed by atoms with Gasteiger partial charge in [-0.25, -0.2) is 0 Å². The molecule has 1 aromatic heterocycles. The second-order valence-electron chi connectivity index (χ2n) is 5.27. The van der Waals surface area contributed by atoms with Crippen LogP contribution < -0.4 is 10.1 Å². The van der Waals surface area contributed by atoms with Gasteiger partial charge < -0.3 is 14.5 Å². The molecule has 3 heteroatoms. The lowest BCUT2D eigenvalue weighted by molar-refractivity contribution is 0.406. The van der Waals surface area contributed by atoms with Crippen molar-refractivity contribution in [2.24, 2.45) is 0 Å². The molecule has 3 rings (SSSR count). The highest BCUT2D eigenvalue weighted by Crippen LogP contribution is 2.47. The highest BCUT2D eigenvalue weighted by Gasteiger charge is 2.31. The predicted molar refractivity (Wildman–Crippen MR) is 76.9 cm³/mol. The van der Waals surface area contributed by atoms with Crippen molar-refractivity contribution < 1.29 is 9.15 Å². The van der Waals surface area contributed by atoms with Crippen LogP contribution in [0.3, 0.4) is 0 Å². The molecular weight excluding hydrogens is 238 g/mol. The van der Waals surface area contributed by atoms with Crippen molar-refractivity contribution in [3.05, 3.63) is 29.0 Å². The Labute approximate surface area is 113 Å². The van der Waals surface area contributed by atoms with Crippen LogP contribution in [0, 0.1) is 0 Å². The number of ether oxygens (including phenoxy) is 1. The Morgan fingerprint density at radius 3 is 2.74 bits per heavy atom. The molecule has 1 aliphatic rings. The van der Waals surface area contributed by atoms with E-state index in [4.69, 9.17) is 9.15 Å². The van der Waals surface area contributed by atoms with Gasteiger partial charge in [0.05, 0.1) is 13.7 Å². The summed E-state index contributed by atoms with van der Waals surface area (Å²) in [7, 11) is 3.67. The number of aryl methyl sites for hydroxylation is 1. The zero-order valence-corrected chi connectivity index (χ0v) is 11.9. The molecule has 3 nitrogen and oxygen atoms in total. The van der Waals surface area contributed by atoms with Crippen LogP contribution in [0.25, 0.3) is 11.0 Å². The van der Waals surface area contributed by atoms with Crippen LogP contribution in [0.4, 0.5) is 0 Å². The molecular formula is C16H21NO2. The maximum Gasteiger partial charge on any atom is 0.176 e. The minimum atomic E-state index is 0.682. The molecule has 1 fully saturated rings. The number of hydrogen-bond acceptors (Lipinski definition) is 3. The fourth-order valence-corrected chi connectivity index (χ4v) is 2.76. The van der Waals surface area contributed by atoms with Crippen LogP contribution in [-0.2, 0) is 13.0 Å². The summed E-state index contributed by atoms with van der Waals surface area (Å²) in [6.45, 7) is 2.96. The predicted octanol–water partition coefficient (Wildman–Crippen LogP) is 3.60. The maximum absolute atomic E-state index is 6.07. The molecule has 2 aromatic rings. The highest BCUT2D eigenvalue weighted by molar-refractivity contribution is 5.89. The summed E-state index contributed by atoms with van der Waals surface area (Å²) in [5.41, 5.74) is 3.62. The second kappa shape index (κ2) is 4.89. The van der Waals surface area contributed by atoms with Crippen LogP contribution in [0.5, 0.6) is 5.75 Å². The molecule has 0 saturated heterocycles. The molecule has 1 heterocycles. The van der Waals surface area contributed by atoms with E-state index in [0.717, 1.165) is 30.1 Å². The van der Waals surface area contributed by atoms with E-state index in [1.807, 2.05) is 7.05 Å². The van der Waals surface area contributed by atoms with Gasteiger partial charge in [0.1, 0.15) is 5.76 Å². The van der Waals surface area contributed by atoms with Crippen LogP contribution in [-0.4, -0.2) is 14.2 Å². The van der Waals surface area contributed by atoms with Crippen LogP contribution in [0.15, 0.2) is 16.5 Å². The van der Waals surface area contributed by atoms with E-state index < -0.39 is 0 Å². The summed E-state index contributed by atoms with van der Waals surface area (Å²) in [4.78, 5) is 0. The van der Waals surface area contributed by atoms with Crippen molar-refractivity contribution in [1.82, 2.24) is 5.32 Å². The molecule has 0 aliphatic heterocycles. The number of methoxy groups -OCH3 is 1. The molecule has 19 heavy (non-hydrogen) atoms. The Hall–Kier alpha value is -1.48. The molecule has 1 saturated carbocycles. The van der Waals surface area contributed by atoms with E-state index in [0.29, 0.717) is 5.92 Å². The summed E-state index contributed by atoms with van der Waals surface area (Å²) >= 11 is 0. The monoisotopic (exact) mass is 259 g/mol. The Bertz CT molecular complexity index is 596. The molecule has 0 unspecified atom stereocenters. The van der Waals surface area contributed by atoms with Crippen LogP contribution in [0.1, 0.15) is 42.6 Å². The fraction of sp³-hybridized carbons (Fsp3) is 0.500. The van der Waals surface area contributed by atoms with Gasteiger partial charge in [0.25, 0.3) is 0 Å². The molecule has 102 valence electrons. The van der Waals surface area contributed by atoms with Gasteiger partial charge >= 0.3 is 0 Å². The normalized spacial score (nSPS) is 15.1. The minimum Gasteiger partial charge on any atom is -0.493 e. The highest BCUT2D eigenvalue weighted by atomic mass is 16.5. The average molecular weight is 259 g/mol. The SMILES string of the molecule is CCc1cc(OC)c2oc(CNC)c(C3CC3)c2c1. The van der Waals surface area contributed by atoms with E-state index in [1.54, 1.807) is 7.11 Å². The molecule has 1 aliphatic carbocycles. The van der Waals surface area contributed by atoms with Gasteiger partial charge in [-0.1, -0.05) is 6.92 Å². The molecule has 0 atom stereocenters. The number of rotatable bonds is 5. The summed E-state index contributed by atoms with van der Waals surface area (Å²) in [6.07, 6.45) is 3.58. The van der Waals surface area contributed by atoms with E-state index in [2.05, 4.69) is 24.4 Å². The third-order valence-electron chi connectivity index (χ3n) is 3.88. The number of hydrogen-bond donors (Lipinski definition) is 1. The van der Waals surface area contributed by atoms with E-state index in [1.165, 1.54) is 29.4 Å². The Morgan fingerprint density at radius 2 is 2.16 bits per heavy atom. The standard InChI is InChI=1S/C16H21NO2/c1-4-10-7-12-15(11-5-6-11)14(9-17-2)19-16(12)13(8-10)18-3/h7-8,11,17H,4-6,9H2,1-3H3. The van der Waals surface area contributed by atoms with Gasteiger partial charge in [0, 0.05) is 10.9 Å². The second-order valence-corrected chi connectivity index (χ2v) is 5.27.